The predicted molar refractivity (Wildman–Crippen MR) is 138 cm³/mol. The number of aromatic amines is 1. The van der Waals surface area contributed by atoms with Gasteiger partial charge in [-0.3, -0.25) is 9.89 Å². The van der Waals surface area contributed by atoms with Crippen LogP contribution in [0.2, 0.25) is 0 Å². The lowest BCUT2D eigenvalue weighted by molar-refractivity contribution is -0.278. The zero-order valence-electron chi connectivity index (χ0n) is 22.1. The monoisotopic (exact) mass is 536 g/mol. The molecule has 38 heavy (non-hydrogen) atoms. The number of aliphatic hydroxyl groups is 4. The molecule has 12 nitrogen and oxygen atoms in total. The zero-order valence-corrected chi connectivity index (χ0v) is 22.1. The van der Waals surface area contributed by atoms with Crippen molar-refractivity contribution in [2.75, 3.05) is 26.3 Å². The van der Waals surface area contributed by atoms with Crippen molar-refractivity contribution in [1.82, 2.24) is 15.5 Å². The molecule has 1 aliphatic heterocycles. The number of nitrogens with two attached hydrogens (primary N) is 1. The second-order valence-corrected chi connectivity index (χ2v) is 9.82. The molecule has 5 atom stereocenters. The molecule has 0 aliphatic carbocycles. The number of primary amides is 1. The van der Waals surface area contributed by atoms with Crippen molar-refractivity contribution in [3.8, 4) is 11.6 Å². The maximum absolute atomic E-state index is 10.8. The molecular weight excluding hydrogens is 496 g/mol. The smallest absolute Gasteiger partial charge is 0.238 e. The Bertz CT molecular complexity index is 1040. The van der Waals surface area contributed by atoms with E-state index in [0.29, 0.717) is 26.0 Å². The molecule has 2 heterocycles. The van der Waals surface area contributed by atoms with Gasteiger partial charge in [-0.25, -0.2) is 0 Å². The minimum Gasteiger partial charge on any atom is -0.494 e. The van der Waals surface area contributed by atoms with Gasteiger partial charge in [0.15, 0.2) is 0 Å². The van der Waals surface area contributed by atoms with Crippen LogP contribution in [0.15, 0.2) is 18.2 Å². The fraction of sp³-hybridized carbons (Fsp3) is 0.615. The summed E-state index contributed by atoms with van der Waals surface area (Å²) in [6.07, 6.45) is -5.37. The molecule has 12 heteroatoms. The Hall–Kier alpha value is -2.74. The molecule has 8 N–H and O–H groups in total. The van der Waals surface area contributed by atoms with Crippen molar-refractivity contribution < 1.29 is 39.4 Å². The standard InChI is InChI=1S/C26H40N4O8/c1-14(2)21-18(25(30-29-21)38-26-24(35)23(34)22(33)19(13-31)37-26)12-16-5-6-17(11-15(16)3)36-10-4-8-28-9-7-20(27)32/h5-6,11,14,19,22-24,26,28,31,33-35H,4,7-10,12-13H2,1-3H3,(H2,27,32)(H,29,30)/t19-,22-,23+,24-,26?/m1/s1. The maximum atomic E-state index is 10.8. The Morgan fingerprint density at radius 2 is 1.97 bits per heavy atom. The summed E-state index contributed by atoms with van der Waals surface area (Å²) in [5.74, 6) is 0.732. The first-order chi connectivity index (χ1) is 18.1. The van der Waals surface area contributed by atoms with Gasteiger partial charge in [-0.2, -0.15) is 0 Å². The van der Waals surface area contributed by atoms with Crippen molar-refractivity contribution in [2.24, 2.45) is 5.73 Å². The number of carbonyl (C=O) groups excluding carboxylic acids is 1. The fourth-order valence-electron chi connectivity index (χ4n) is 4.25. The number of benzene rings is 1. The van der Waals surface area contributed by atoms with Crippen LogP contribution in [0.5, 0.6) is 11.6 Å². The highest BCUT2D eigenvalue weighted by atomic mass is 16.7. The quantitative estimate of drug-likeness (QED) is 0.160. The van der Waals surface area contributed by atoms with Crippen LogP contribution in [0.4, 0.5) is 0 Å². The van der Waals surface area contributed by atoms with Crippen molar-refractivity contribution >= 4 is 5.91 Å². The lowest BCUT2D eigenvalue weighted by Crippen LogP contribution is -2.60. The average Bonchev–Trinajstić information content (AvgIpc) is 3.27. The molecule has 0 bridgehead atoms. The first-order valence-electron chi connectivity index (χ1n) is 12.9. The van der Waals surface area contributed by atoms with Crippen molar-refractivity contribution in [3.05, 3.63) is 40.6 Å². The number of carbonyl (C=O) groups is 1. The summed E-state index contributed by atoms with van der Waals surface area (Å²) in [5, 5.41) is 50.4. The van der Waals surface area contributed by atoms with Crippen LogP contribution >= 0.6 is 0 Å². The number of hydrogen-bond acceptors (Lipinski definition) is 10. The zero-order chi connectivity index (χ0) is 27.8. The Morgan fingerprint density at radius 1 is 1.21 bits per heavy atom. The summed E-state index contributed by atoms with van der Waals surface area (Å²) in [4.78, 5) is 10.8. The van der Waals surface area contributed by atoms with Crippen LogP contribution in [0, 0.1) is 6.92 Å². The lowest BCUT2D eigenvalue weighted by atomic mass is 9.96. The van der Waals surface area contributed by atoms with Gasteiger partial charge in [0.25, 0.3) is 0 Å². The lowest BCUT2D eigenvalue weighted by Gasteiger charge is -2.39. The number of hydrogen-bond donors (Lipinski definition) is 7. The summed E-state index contributed by atoms with van der Waals surface area (Å²) in [6, 6.07) is 5.84. The van der Waals surface area contributed by atoms with E-state index in [1.165, 1.54) is 0 Å². The highest BCUT2D eigenvalue weighted by Crippen LogP contribution is 2.32. The van der Waals surface area contributed by atoms with Gasteiger partial charge >= 0.3 is 0 Å². The summed E-state index contributed by atoms with van der Waals surface area (Å²) in [5.41, 5.74) is 8.78. The molecule has 0 radical (unpaired) electrons. The van der Waals surface area contributed by atoms with E-state index in [2.05, 4.69) is 15.5 Å². The SMILES string of the molecule is Cc1cc(OCCCNCCC(N)=O)ccc1Cc1c(OC2O[C@H](CO)[C@@H](O)[C@H](O)[C@H]2O)n[nH]c1C(C)C. The molecule has 1 aromatic heterocycles. The normalized spacial score (nSPS) is 23.5. The van der Waals surface area contributed by atoms with Gasteiger partial charge < -0.3 is 45.7 Å². The molecule has 2 aromatic rings. The van der Waals surface area contributed by atoms with Gasteiger partial charge in [0, 0.05) is 30.6 Å². The van der Waals surface area contributed by atoms with Crippen LogP contribution < -0.4 is 20.5 Å². The molecule has 0 saturated carbocycles. The van der Waals surface area contributed by atoms with E-state index in [0.717, 1.165) is 41.1 Å². The molecule has 212 valence electrons. The maximum Gasteiger partial charge on any atom is 0.238 e. The average molecular weight is 537 g/mol. The van der Waals surface area contributed by atoms with E-state index in [4.69, 9.17) is 19.9 Å². The second kappa shape index (κ2) is 13.9. The topological polar surface area (TPSA) is 192 Å². The third kappa shape index (κ3) is 7.65. The Kier molecular flexibility index (Phi) is 10.9. The van der Waals surface area contributed by atoms with Crippen molar-refractivity contribution in [2.45, 2.75) is 76.7 Å². The summed E-state index contributed by atoms with van der Waals surface area (Å²) in [6.45, 7) is 7.27. The number of aryl methyl sites for hydroxylation is 1. The minimum atomic E-state index is -1.54. The summed E-state index contributed by atoms with van der Waals surface area (Å²) in [7, 11) is 0. The molecule has 1 saturated heterocycles. The van der Waals surface area contributed by atoms with E-state index < -0.39 is 37.3 Å². The van der Waals surface area contributed by atoms with E-state index in [1.54, 1.807) is 0 Å². The summed E-state index contributed by atoms with van der Waals surface area (Å²) >= 11 is 0. The number of nitrogens with one attached hydrogen (secondary N) is 2. The largest absolute Gasteiger partial charge is 0.494 e. The number of aliphatic hydroxyl groups excluding tert-OH is 4. The van der Waals surface area contributed by atoms with Crippen LogP contribution in [0.3, 0.4) is 0 Å². The van der Waals surface area contributed by atoms with Crippen LogP contribution in [0.1, 0.15) is 55.0 Å². The minimum absolute atomic E-state index is 0.101. The van der Waals surface area contributed by atoms with Crippen LogP contribution in [0.25, 0.3) is 0 Å². The van der Waals surface area contributed by atoms with Crippen LogP contribution in [-0.2, 0) is 16.0 Å². The van der Waals surface area contributed by atoms with Gasteiger partial charge in [0.05, 0.1) is 13.2 Å². The predicted octanol–water partition coefficient (Wildman–Crippen LogP) is -0.155. The van der Waals surface area contributed by atoms with E-state index in [-0.39, 0.29) is 17.7 Å². The van der Waals surface area contributed by atoms with Crippen molar-refractivity contribution in [3.63, 3.8) is 0 Å². The molecule has 1 fully saturated rings. The Labute approximate surface area is 222 Å². The molecule has 3 rings (SSSR count). The molecule has 0 spiro atoms. The van der Waals surface area contributed by atoms with Gasteiger partial charge in [-0.1, -0.05) is 19.9 Å². The van der Waals surface area contributed by atoms with Crippen molar-refractivity contribution in [1.29, 1.82) is 0 Å². The molecule has 1 aliphatic rings. The van der Waals surface area contributed by atoms with Gasteiger partial charge in [-0.15, -0.1) is 5.10 Å². The summed E-state index contributed by atoms with van der Waals surface area (Å²) < 4.78 is 17.2. The third-order valence-corrected chi connectivity index (χ3v) is 6.51. The molecule has 1 amide bonds. The first-order valence-corrected chi connectivity index (χ1v) is 12.9. The number of rotatable bonds is 14. The number of ether oxygens (including phenoxy) is 3. The molecule has 1 unspecified atom stereocenters. The highest BCUT2D eigenvalue weighted by Gasteiger charge is 2.45. The number of aromatic nitrogens is 2. The molecule has 1 aromatic carbocycles. The number of nitrogens with zero attached hydrogens (tertiary/aromatic N) is 1. The van der Waals surface area contributed by atoms with Gasteiger partial charge in [0.2, 0.25) is 18.1 Å². The van der Waals surface area contributed by atoms with E-state index in [9.17, 15) is 25.2 Å². The molecular formula is C26H40N4O8. The van der Waals surface area contributed by atoms with Crippen LogP contribution in [-0.4, -0.2) is 93.5 Å². The van der Waals surface area contributed by atoms with Gasteiger partial charge in [-0.05, 0) is 49.1 Å². The number of H-pyrrole nitrogens is 1. The van der Waals surface area contributed by atoms with E-state index in [1.807, 2.05) is 39.0 Å². The number of amides is 1. The first kappa shape index (κ1) is 29.8. The van der Waals surface area contributed by atoms with Gasteiger partial charge in [0.1, 0.15) is 30.2 Å². The van der Waals surface area contributed by atoms with E-state index >= 15 is 0 Å². The third-order valence-electron chi connectivity index (χ3n) is 6.51. The second-order valence-electron chi connectivity index (χ2n) is 9.82. The Morgan fingerprint density at radius 3 is 2.63 bits per heavy atom. The Balaban J connectivity index is 1.66. The fourth-order valence-corrected chi connectivity index (χ4v) is 4.25. The highest BCUT2D eigenvalue weighted by molar-refractivity contribution is 5.73.